The molecular weight excluding hydrogens is 290 g/mol. The fraction of sp³-hybridized carbons (Fsp3) is 0.111. The number of hydrogen-bond donors (Lipinski definition) is 2. The van der Waals surface area contributed by atoms with E-state index in [0.29, 0.717) is 12.3 Å². The van der Waals surface area contributed by atoms with Crippen molar-refractivity contribution in [3.8, 4) is 0 Å². The van der Waals surface area contributed by atoms with Crippen molar-refractivity contribution >= 4 is 28.3 Å². The Balaban J connectivity index is 1.93. The topological polar surface area (TPSA) is 67.0 Å². The molecule has 1 heterocycles. The SMILES string of the molecule is CCOC(=O)C=C(Nc1ccc2cn[nH]c2c1)c1ccccc1. The summed E-state index contributed by atoms with van der Waals surface area (Å²) in [6.45, 7) is 2.13. The zero-order valence-corrected chi connectivity index (χ0v) is 12.7. The first kappa shape index (κ1) is 14.8. The average molecular weight is 307 g/mol. The minimum Gasteiger partial charge on any atom is -0.463 e. The quantitative estimate of drug-likeness (QED) is 0.558. The van der Waals surface area contributed by atoms with Crippen LogP contribution in [0.3, 0.4) is 0 Å². The van der Waals surface area contributed by atoms with E-state index in [0.717, 1.165) is 22.2 Å². The largest absolute Gasteiger partial charge is 0.463 e. The van der Waals surface area contributed by atoms with Crippen LogP contribution in [0, 0.1) is 0 Å². The molecule has 3 rings (SSSR count). The highest BCUT2D eigenvalue weighted by molar-refractivity contribution is 5.95. The number of aromatic amines is 1. The van der Waals surface area contributed by atoms with Gasteiger partial charge >= 0.3 is 5.97 Å². The number of carbonyl (C=O) groups excluding carboxylic acids is 1. The average Bonchev–Trinajstić information content (AvgIpc) is 3.03. The van der Waals surface area contributed by atoms with Crippen LogP contribution in [-0.2, 0) is 9.53 Å². The molecule has 0 saturated carbocycles. The number of carbonyl (C=O) groups is 1. The molecule has 2 aromatic carbocycles. The minimum absolute atomic E-state index is 0.345. The number of rotatable bonds is 5. The van der Waals surface area contributed by atoms with Crippen LogP contribution >= 0.6 is 0 Å². The van der Waals surface area contributed by atoms with Gasteiger partial charge < -0.3 is 10.1 Å². The van der Waals surface area contributed by atoms with Gasteiger partial charge in [0, 0.05) is 17.1 Å². The van der Waals surface area contributed by atoms with Crippen LogP contribution in [0.5, 0.6) is 0 Å². The van der Waals surface area contributed by atoms with Crippen molar-refractivity contribution in [2.45, 2.75) is 6.92 Å². The first-order valence-electron chi connectivity index (χ1n) is 7.40. The van der Waals surface area contributed by atoms with Gasteiger partial charge in [0.15, 0.2) is 0 Å². The molecule has 116 valence electrons. The van der Waals surface area contributed by atoms with Gasteiger partial charge in [0.1, 0.15) is 0 Å². The zero-order chi connectivity index (χ0) is 16.1. The van der Waals surface area contributed by atoms with E-state index in [-0.39, 0.29) is 5.97 Å². The summed E-state index contributed by atoms with van der Waals surface area (Å²) in [6.07, 6.45) is 3.24. The van der Waals surface area contributed by atoms with Crippen LogP contribution in [0.1, 0.15) is 12.5 Å². The van der Waals surface area contributed by atoms with Crippen LogP contribution in [-0.4, -0.2) is 22.8 Å². The van der Waals surface area contributed by atoms with Gasteiger partial charge in [-0.15, -0.1) is 0 Å². The lowest BCUT2D eigenvalue weighted by Gasteiger charge is -2.11. The summed E-state index contributed by atoms with van der Waals surface area (Å²) < 4.78 is 5.02. The van der Waals surface area contributed by atoms with Gasteiger partial charge in [0.05, 0.1) is 24.0 Å². The van der Waals surface area contributed by atoms with E-state index in [9.17, 15) is 4.79 Å². The van der Waals surface area contributed by atoms with E-state index < -0.39 is 0 Å². The van der Waals surface area contributed by atoms with Crippen molar-refractivity contribution in [3.63, 3.8) is 0 Å². The molecule has 0 bridgehead atoms. The summed E-state index contributed by atoms with van der Waals surface area (Å²) in [6, 6.07) is 15.5. The van der Waals surface area contributed by atoms with E-state index >= 15 is 0 Å². The monoisotopic (exact) mass is 307 g/mol. The highest BCUT2D eigenvalue weighted by Crippen LogP contribution is 2.22. The van der Waals surface area contributed by atoms with E-state index in [1.807, 2.05) is 48.5 Å². The maximum Gasteiger partial charge on any atom is 0.332 e. The molecule has 0 aliphatic rings. The van der Waals surface area contributed by atoms with Crippen LogP contribution in [0.2, 0.25) is 0 Å². The van der Waals surface area contributed by atoms with Crippen LogP contribution in [0.25, 0.3) is 16.6 Å². The van der Waals surface area contributed by atoms with Gasteiger partial charge in [0.25, 0.3) is 0 Å². The van der Waals surface area contributed by atoms with Crippen molar-refractivity contribution < 1.29 is 9.53 Å². The number of fused-ring (bicyclic) bond motifs is 1. The van der Waals surface area contributed by atoms with Gasteiger partial charge in [-0.05, 0) is 30.7 Å². The molecule has 0 spiro atoms. The van der Waals surface area contributed by atoms with E-state index in [4.69, 9.17) is 4.74 Å². The third-order valence-corrected chi connectivity index (χ3v) is 3.35. The third-order valence-electron chi connectivity index (χ3n) is 3.35. The van der Waals surface area contributed by atoms with Gasteiger partial charge in [-0.25, -0.2) is 4.79 Å². The van der Waals surface area contributed by atoms with Crippen molar-refractivity contribution in [2.75, 3.05) is 11.9 Å². The fourth-order valence-electron chi connectivity index (χ4n) is 2.28. The smallest absolute Gasteiger partial charge is 0.332 e. The molecule has 5 heteroatoms. The molecule has 0 aliphatic carbocycles. The summed E-state index contributed by atoms with van der Waals surface area (Å²) >= 11 is 0. The summed E-state index contributed by atoms with van der Waals surface area (Å²) in [5.74, 6) is -0.374. The van der Waals surface area contributed by atoms with Gasteiger partial charge in [-0.3, -0.25) is 5.10 Å². The number of anilines is 1. The Labute approximate surface area is 134 Å². The number of aromatic nitrogens is 2. The summed E-state index contributed by atoms with van der Waals surface area (Å²) in [5.41, 5.74) is 3.38. The van der Waals surface area contributed by atoms with Crippen LogP contribution in [0.4, 0.5) is 5.69 Å². The lowest BCUT2D eigenvalue weighted by Crippen LogP contribution is -2.05. The molecule has 0 saturated heterocycles. The summed E-state index contributed by atoms with van der Waals surface area (Å²) in [5, 5.41) is 11.3. The minimum atomic E-state index is -0.374. The Hall–Kier alpha value is -3.08. The van der Waals surface area contributed by atoms with E-state index in [1.165, 1.54) is 6.08 Å². The highest BCUT2D eigenvalue weighted by Gasteiger charge is 2.07. The molecule has 23 heavy (non-hydrogen) atoms. The molecule has 0 amide bonds. The zero-order valence-electron chi connectivity index (χ0n) is 12.7. The van der Waals surface area contributed by atoms with Gasteiger partial charge in [0.2, 0.25) is 0 Å². The van der Waals surface area contributed by atoms with Crippen molar-refractivity contribution in [3.05, 3.63) is 66.4 Å². The second-order valence-electron chi connectivity index (χ2n) is 4.97. The Morgan fingerprint density at radius 1 is 1.26 bits per heavy atom. The normalized spacial score (nSPS) is 11.4. The second-order valence-corrected chi connectivity index (χ2v) is 4.97. The second kappa shape index (κ2) is 6.79. The van der Waals surface area contributed by atoms with Gasteiger partial charge in [-0.1, -0.05) is 30.3 Å². The van der Waals surface area contributed by atoms with Crippen LogP contribution < -0.4 is 5.32 Å². The Bertz CT molecular complexity index is 838. The predicted molar refractivity (Wildman–Crippen MR) is 90.8 cm³/mol. The number of esters is 1. The number of H-pyrrole nitrogens is 1. The standard InChI is InChI=1S/C18H17N3O2/c1-2-23-18(22)11-16(13-6-4-3-5-7-13)20-15-9-8-14-12-19-21-17(14)10-15/h3-12,20H,2H2,1H3,(H,19,21). The molecule has 2 N–H and O–H groups in total. The number of nitrogens with zero attached hydrogens (tertiary/aromatic N) is 1. The lowest BCUT2D eigenvalue weighted by atomic mass is 10.1. The maximum absolute atomic E-state index is 11.8. The Kier molecular flexibility index (Phi) is 4.38. The van der Waals surface area contributed by atoms with Crippen molar-refractivity contribution in [1.82, 2.24) is 10.2 Å². The predicted octanol–water partition coefficient (Wildman–Crippen LogP) is 3.58. The molecule has 0 radical (unpaired) electrons. The summed E-state index contributed by atoms with van der Waals surface area (Å²) in [7, 11) is 0. The number of ether oxygens (including phenoxy) is 1. The third kappa shape index (κ3) is 3.58. The van der Waals surface area contributed by atoms with Crippen molar-refractivity contribution in [2.24, 2.45) is 0 Å². The summed E-state index contributed by atoms with van der Waals surface area (Å²) in [4.78, 5) is 11.8. The van der Waals surface area contributed by atoms with Crippen LogP contribution in [0.15, 0.2) is 60.8 Å². The highest BCUT2D eigenvalue weighted by atomic mass is 16.5. The molecular formula is C18H17N3O2. The number of hydrogen-bond acceptors (Lipinski definition) is 4. The number of nitrogens with one attached hydrogen (secondary N) is 2. The Morgan fingerprint density at radius 3 is 2.87 bits per heavy atom. The molecule has 0 unspecified atom stereocenters. The molecule has 0 atom stereocenters. The van der Waals surface area contributed by atoms with E-state index in [1.54, 1.807) is 13.1 Å². The maximum atomic E-state index is 11.8. The van der Waals surface area contributed by atoms with Gasteiger partial charge in [-0.2, -0.15) is 5.10 Å². The lowest BCUT2D eigenvalue weighted by molar-refractivity contribution is -0.137. The first-order chi connectivity index (χ1) is 11.3. The molecule has 0 fully saturated rings. The first-order valence-corrected chi connectivity index (χ1v) is 7.40. The Morgan fingerprint density at radius 2 is 2.09 bits per heavy atom. The van der Waals surface area contributed by atoms with E-state index in [2.05, 4.69) is 15.5 Å². The molecule has 0 aliphatic heterocycles. The molecule has 1 aromatic heterocycles. The molecule has 5 nitrogen and oxygen atoms in total. The fourth-order valence-corrected chi connectivity index (χ4v) is 2.28. The van der Waals surface area contributed by atoms with Crippen molar-refractivity contribution in [1.29, 1.82) is 0 Å². The molecule has 3 aromatic rings. The number of benzene rings is 2.